The van der Waals surface area contributed by atoms with Crippen LogP contribution in [0.3, 0.4) is 0 Å². The Morgan fingerprint density at radius 3 is 2.64 bits per heavy atom. The van der Waals surface area contributed by atoms with Crippen LogP contribution in [0.25, 0.3) is 0 Å². The summed E-state index contributed by atoms with van der Waals surface area (Å²) in [7, 11) is -2.91. The van der Waals surface area contributed by atoms with Gasteiger partial charge in [0, 0.05) is 18.5 Å². The second kappa shape index (κ2) is 5.87. The lowest BCUT2D eigenvalue weighted by atomic mass is 10.2. The molecule has 1 aromatic rings. The fourth-order valence-electron chi connectivity index (χ4n) is 2.85. The van der Waals surface area contributed by atoms with Crippen molar-refractivity contribution in [2.75, 3.05) is 28.3 Å². The summed E-state index contributed by atoms with van der Waals surface area (Å²) >= 11 is 0. The van der Waals surface area contributed by atoms with Crippen molar-refractivity contribution in [1.29, 1.82) is 0 Å². The fourth-order valence-corrected chi connectivity index (χ4v) is 4.58. The molecule has 7 heteroatoms. The van der Waals surface area contributed by atoms with Gasteiger partial charge < -0.3 is 10.2 Å². The van der Waals surface area contributed by atoms with Crippen LogP contribution in [-0.4, -0.2) is 43.4 Å². The van der Waals surface area contributed by atoms with Crippen molar-refractivity contribution in [2.24, 2.45) is 5.92 Å². The van der Waals surface area contributed by atoms with Crippen molar-refractivity contribution >= 4 is 27.2 Å². The normalized spacial score (nSPS) is 23.2. The Bertz CT molecular complexity index is 653. The molecular weight excluding hydrogens is 302 g/mol. The second-order valence-electron chi connectivity index (χ2n) is 6.01. The highest BCUT2D eigenvalue weighted by molar-refractivity contribution is 7.91. The Hall–Kier alpha value is -1.63. The zero-order chi connectivity index (χ0) is 15.7. The number of nitrogens with zero attached hydrogens (tertiary/aromatic N) is 2. The number of carbonyl (C=O) groups excluding carboxylic acids is 1. The molecule has 1 aliphatic heterocycles. The van der Waals surface area contributed by atoms with Crippen LogP contribution in [0.15, 0.2) is 18.3 Å². The van der Waals surface area contributed by atoms with Gasteiger partial charge in [-0.25, -0.2) is 13.4 Å². The molecule has 0 spiro atoms. The summed E-state index contributed by atoms with van der Waals surface area (Å²) in [6, 6.07) is 3.67. The predicted molar refractivity (Wildman–Crippen MR) is 85.7 cm³/mol. The summed E-state index contributed by atoms with van der Waals surface area (Å²) in [6.45, 7) is 2.70. The minimum atomic E-state index is -2.91. The molecule has 1 unspecified atom stereocenters. The maximum atomic E-state index is 11.7. The van der Waals surface area contributed by atoms with E-state index < -0.39 is 9.84 Å². The summed E-state index contributed by atoms with van der Waals surface area (Å²) in [5.74, 6) is 1.43. The summed E-state index contributed by atoms with van der Waals surface area (Å²) in [5, 5.41) is 2.85. The molecule has 6 nitrogen and oxygen atoms in total. The van der Waals surface area contributed by atoms with E-state index >= 15 is 0 Å². The van der Waals surface area contributed by atoms with Gasteiger partial charge in [0.15, 0.2) is 9.84 Å². The van der Waals surface area contributed by atoms with Gasteiger partial charge in [-0.3, -0.25) is 4.79 Å². The molecular formula is C15H21N3O3S. The Balaban J connectivity index is 1.68. The first-order valence-electron chi connectivity index (χ1n) is 7.72. The van der Waals surface area contributed by atoms with Gasteiger partial charge in [-0.15, -0.1) is 0 Å². The molecule has 120 valence electrons. The minimum absolute atomic E-state index is 0.00518. The van der Waals surface area contributed by atoms with Gasteiger partial charge in [0.1, 0.15) is 5.82 Å². The molecule has 1 aromatic heterocycles. The van der Waals surface area contributed by atoms with Crippen LogP contribution in [0.2, 0.25) is 0 Å². The Kier molecular flexibility index (Phi) is 4.08. The van der Waals surface area contributed by atoms with Gasteiger partial charge in [-0.2, -0.15) is 0 Å². The van der Waals surface area contributed by atoms with Crippen molar-refractivity contribution in [3.05, 3.63) is 18.3 Å². The highest BCUT2D eigenvalue weighted by Crippen LogP contribution is 2.30. The largest absolute Gasteiger partial charge is 0.353 e. The monoisotopic (exact) mass is 323 g/mol. The lowest BCUT2D eigenvalue weighted by Gasteiger charge is -2.28. The van der Waals surface area contributed by atoms with Gasteiger partial charge in [-0.05, 0) is 38.3 Å². The van der Waals surface area contributed by atoms with Crippen LogP contribution >= 0.6 is 0 Å². The summed E-state index contributed by atoms with van der Waals surface area (Å²) in [4.78, 5) is 18.1. The van der Waals surface area contributed by atoms with E-state index in [1.165, 1.54) is 0 Å². The molecule has 1 N–H and O–H groups in total. The maximum absolute atomic E-state index is 11.7. The standard InChI is InChI=1S/C15H21N3O3S/c1-2-18(13-7-8-22(20,21)10-13)14-6-5-12(9-16-14)17-15(19)11-3-4-11/h5-6,9,11,13H,2-4,7-8,10H2,1H3,(H,17,19). The summed E-state index contributed by atoms with van der Waals surface area (Å²) in [6.07, 6.45) is 4.23. The molecule has 1 atom stereocenters. The number of pyridine rings is 1. The number of hydrogen-bond acceptors (Lipinski definition) is 5. The molecule has 2 fully saturated rings. The van der Waals surface area contributed by atoms with Crippen molar-refractivity contribution < 1.29 is 13.2 Å². The predicted octanol–water partition coefficient (Wildman–Crippen LogP) is 1.44. The summed E-state index contributed by atoms with van der Waals surface area (Å²) in [5.41, 5.74) is 0.691. The SMILES string of the molecule is CCN(c1ccc(NC(=O)C2CC2)cn1)C1CCS(=O)(=O)C1. The average molecular weight is 323 g/mol. The van der Waals surface area contributed by atoms with Crippen LogP contribution in [0, 0.1) is 5.92 Å². The quantitative estimate of drug-likeness (QED) is 0.887. The van der Waals surface area contributed by atoms with Gasteiger partial charge in [-0.1, -0.05) is 0 Å². The fraction of sp³-hybridized carbons (Fsp3) is 0.600. The second-order valence-corrected chi connectivity index (χ2v) is 8.24. The van der Waals surface area contributed by atoms with Crippen molar-refractivity contribution in [2.45, 2.75) is 32.2 Å². The van der Waals surface area contributed by atoms with Gasteiger partial charge in [0.25, 0.3) is 0 Å². The first-order chi connectivity index (χ1) is 10.5. The van der Waals surface area contributed by atoms with Crippen molar-refractivity contribution in [3.8, 4) is 0 Å². The van der Waals surface area contributed by atoms with Crippen LogP contribution < -0.4 is 10.2 Å². The zero-order valence-electron chi connectivity index (χ0n) is 12.7. The maximum Gasteiger partial charge on any atom is 0.227 e. The molecule has 1 amide bonds. The molecule has 22 heavy (non-hydrogen) atoms. The number of hydrogen-bond donors (Lipinski definition) is 1. The first kappa shape index (κ1) is 15.3. The number of nitrogens with one attached hydrogen (secondary N) is 1. The van der Waals surface area contributed by atoms with E-state index in [0.29, 0.717) is 18.7 Å². The van der Waals surface area contributed by atoms with Crippen LogP contribution in [-0.2, 0) is 14.6 Å². The van der Waals surface area contributed by atoms with Crippen LogP contribution in [0.5, 0.6) is 0 Å². The third-order valence-corrected chi connectivity index (χ3v) is 6.00. The molecule has 2 heterocycles. The van der Waals surface area contributed by atoms with E-state index in [-0.39, 0.29) is 29.4 Å². The van der Waals surface area contributed by atoms with Crippen LogP contribution in [0.4, 0.5) is 11.5 Å². The summed E-state index contributed by atoms with van der Waals surface area (Å²) < 4.78 is 23.3. The molecule has 1 saturated carbocycles. The molecule has 3 rings (SSSR count). The number of rotatable bonds is 5. The smallest absolute Gasteiger partial charge is 0.227 e. The number of aromatic nitrogens is 1. The molecule has 0 bridgehead atoms. The number of amides is 1. The lowest BCUT2D eigenvalue weighted by molar-refractivity contribution is -0.117. The van der Waals surface area contributed by atoms with Crippen molar-refractivity contribution in [1.82, 2.24) is 4.98 Å². The van der Waals surface area contributed by atoms with E-state index in [1.807, 2.05) is 24.0 Å². The van der Waals surface area contributed by atoms with E-state index in [2.05, 4.69) is 10.3 Å². The third-order valence-electron chi connectivity index (χ3n) is 4.25. The van der Waals surface area contributed by atoms with Crippen LogP contribution in [0.1, 0.15) is 26.2 Å². The molecule has 0 radical (unpaired) electrons. The molecule has 1 saturated heterocycles. The Morgan fingerprint density at radius 2 is 2.14 bits per heavy atom. The average Bonchev–Trinajstić information content (AvgIpc) is 3.27. The molecule has 0 aromatic carbocycles. The first-order valence-corrected chi connectivity index (χ1v) is 9.54. The van der Waals surface area contributed by atoms with E-state index in [4.69, 9.17) is 0 Å². The molecule has 1 aliphatic carbocycles. The number of anilines is 2. The zero-order valence-corrected chi connectivity index (χ0v) is 13.5. The van der Waals surface area contributed by atoms with Gasteiger partial charge >= 0.3 is 0 Å². The van der Waals surface area contributed by atoms with Gasteiger partial charge in [0.2, 0.25) is 5.91 Å². The lowest BCUT2D eigenvalue weighted by Crippen LogP contribution is -2.36. The highest BCUT2D eigenvalue weighted by atomic mass is 32.2. The topological polar surface area (TPSA) is 79.4 Å². The Labute approximate surface area is 130 Å². The highest BCUT2D eigenvalue weighted by Gasteiger charge is 2.32. The van der Waals surface area contributed by atoms with E-state index in [9.17, 15) is 13.2 Å². The van der Waals surface area contributed by atoms with Crippen molar-refractivity contribution in [3.63, 3.8) is 0 Å². The van der Waals surface area contributed by atoms with Gasteiger partial charge in [0.05, 0.1) is 23.4 Å². The molecule has 2 aliphatic rings. The van der Waals surface area contributed by atoms with E-state index in [1.54, 1.807) is 6.20 Å². The van der Waals surface area contributed by atoms with E-state index in [0.717, 1.165) is 18.7 Å². The Morgan fingerprint density at radius 1 is 1.36 bits per heavy atom. The third kappa shape index (κ3) is 3.40. The minimum Gasteiger partial charge on any atom is -0.353 e. The number of sulfone groups is 1. The number of carbonyl (C=O) groups is 1.